The summed E-state index contributed by atoms with van der Waals surface area (Å²) in [5.41, 5.74) is 0.101. The molecule has 1 amide bonds. The Balaban J connectivity index is 1.97. The summed E-state index contributed by atoms with van der Waals surface area (Å²) < 4.78 is 0. The van der Waals surface area contributed by atoms with Crippen LogP contribution in [0.1, 0.15) is 39.5 Å². The zero-order valence-electron chi connectivity index (χ0n) is 7.89. The van der Waals surface area contributed by atoms with Gasteiger partial charge in [0.25, 0.3) is 0 Å². The summed E-state index contributed by atoms with van der Waals surface area (Å²) in [6.45, 7) is 4.44. The third-order valence-corrected chi connectivity index (χ3v) is 3.38. The Morgan fingerprint density at radius 3 is 2.58 bits per heavy atom. The van der Waals surface area contributed by atoms with Crippen molar-refractivity contribution in [3.63, 3.8) is 0 Å². The van der Waals surface area contributed by atoms with Gasteiger partial charge in [-0.2, -0.15) is 0 Å². The number of nitrogens with one attached hydrogen (secondary N) is 1. The smallest absolute Gasteiger partial charge is 0.228 e. The van der Waals surface area contributed by atoms with Gasteiger partial charge in [-0.3, -0.25) is 4.79 Å². The van der Waals surface area contributed by atoms with E-state index in [1.54, 1.807) is 0 Å². The van der Waals surface area contributed by atoms with Crippen LogP contribution < -0.4 is 5.32 Å². The first kappa shape index (κ1) is 8.09. The van der Waals surface area contributed by atoms with Gasteiger partial charge < -0.3 is 5.32 Å². The highest BCUT2D eigenvalue weighted by molar-refractivity contribution is 5.90. The second-order valence-corrected chi connectivity index (χ2v) is 4.67. The van der Waals surface area contributed by atoms with Crippen LogP contribution >= 0.6 is 0 Å². The molecule has 0 bridgehead atoms. The minimum absolute atomic E-state index is 0.101. The number of amides is 1. The maximum absolute atomic E-state index is 11.3. The predicted octanol–water partition coefficient (Wildman–Crippen LogP) is 1.70. The fourth-order valence-electron chi connectivity index (χ4n) is 2.41. The average Bonchev–Trinajstić information content (AvgIpc) is 1.81. The van der Waals surface area contributed by atoms with Crippen molar-refractivity contribution >= 4 is 5.91 Å². The van der Waals surface area contributed by atoms with Gasteiger partial charge in [0.1, 0.15) is 0 Å². The van der Waals surface area contributed by atoms with E-state index in [0.29, 0.717) is 17.9 Å². The molecule has 0 radical (unpaired) electrons. The molecule has 68 valence electrons. The molecule has 1 N–H and O–H groups in total. The summed E-state index contributed by atoms with van der Waals surface area (Å²) in [5.74, 6) is 1.02. The Bertz CT molecular complexity index is 206. The molecular formula is C10H17NO. The second kappa shape index (κ2) is 2.48. The van der Waals surface area contributed by atoms with Gasteiger partial charge in [-0.25, -0.2) is 0 Å². The molecule has 2 rings (SSSR count). The van der Waals surface area contributed by atoms with E-state index in [2.05, 4.69) is 19.2 Å². The van der Waals surface area contributed by atoms with E-state index >= 15 is 0 Å². The lowest BCUT2D eigenvalue weighted by Crippen LogP contribution is -2.70. The van der Waals surface area contributed by atoms with Gasteiger partial charge in [-0.15, -0.1) is 0 Å². The van der Waals surface area contributed by atoms with Crippen LogP contribution in [-0.2, 0) is 4.79 Å². The summed E-state index contributed by atoms with van der Waals surface area (Å²) in [6, 6.07) is 0.499. The first-order valence-electron chi connectivity index (χ1n) is 4.96. The molecule has 1 spiro atoms. The number of carbonyl (C=O) groups excluding carboxylic acids is 1. The standard InChI is InChI=1S/C10H17NO/c1-7(2)6-8-10(4-3-5-10)9(12)11-8/h7-8H,3-6H2,1-2H3,(H,11,12). The minimum atomic E-state index is 0.101. The first-order valence-corrected chi connectivity index (χ1v) is 4.96. The lowest BCUT2D eigenvalue weighted by Gasteiger charge is -2.55. The quantitative estimate of drug-likeness (QED) is 0.623. The molecule has 1 unspecified atom stereocenters. The van der Waals surface area contributed by atoms with Crippen LogP contribution in [0, 0.1) is 11.3 Å². The van der Waals surface area contributed by atoms with E-state index in [0.717, 1.165) is 19.3 Å². The van der Waals surface area contributed by atoms with Gasteiger partial charge in [0.05, 0.1) is 5.41 Å². The van der Waals surface area contributed by atoms with Crippen LogP contribution in [0.15, 0.2) is 0 Å². The summed E-state index contributed by atoms with van der Waals surface area (Å²) in [6.07, 6.45) is 4.68. The number of rotatable bonds is 2. The van der Waals surface area contributed by atoms with Crippen molar-refractivity contribution in [2.75, 3.05) is 0 Å². The van der Waals surface area contributed by atoms with Crippen molar-refractivity contribution in [2.24, 2.45) is 11.3 Å². The zero-order chi connectivity index (χ0) is 8.77. The van der Waals surface area contributed by atoms with E-state index in [1.165, 1.54) is 6.42 Å². The topological polar surface area (TPSA) is 29.1 Å². The van der Waals surface area contributed by atoms with E-state index in [9.17, 15) is 4.79 Å². The maximum Gasteiger partial charge on any atom is 0.228 e. The van der Waals surface area contributed by atoms with Gasteiger partial charge in [-0.05, 0) is 25.2 Å². The van der Waals surface area contributed by atoms with Gasteiger partial charge in [-0.1, -0.05) is 20.3 Å². The summed E-state index contributed by atoms with van der Waals surface area (Å²) in [5, 5.41) is 3.03. The summed E-state index contributed by atoms with van der Waals surface area (Å²) in [7, 11) is 0. The Labute approximate surface area is 73.7 Å². The largest absolute Gasteiger partial charge is 0.352 e. The van der Waals surface area contributed by atoms with Crippen molar-refractivity contribution in [3.05, 3.63) is 0 Å². The molecule has 1 aliphatic heterocycles. The van der Waals surface area contributed by atoms with Gasteiger partial charge in [0.15, 0.2) is 0 Å². The molecule has 0 aromatic carbocycles. The molecule has 2 nitrogen and oxygen atoms in total. The number of β-lactam (4-membered cyclic amide) rings is 1. The Morgan fingerprint density at radius 1 is 1.58 bits per heavy atom. The lowest BCUT2D eigenvalue weighted by atomic mass is 9.57. The van der Waals surface area contributed by atoms with Gasteiger partial charge in [0.2, 0.25) is 5.91 Å². The van der Waals surface area contributed by atoms with Gasteiger partial charge >= 0.3 is 0 Å². The van der Waals surface area contributed by atoms with Crippen LogP contribution in [0.2, 0.25) is 0 Å². The highest BCUT2D eigenvalue weighted by Crippen LogP contribution is 2.50. The van der Waals surface area contributed by atoms with Crippen molar-refractivity contribution in [2.45, 2.75) is 45.6 Å². The van der Waals surface area contributed by atoms with Crippen LogP contribution in [0.4, 0.5) is 0 Å². The van der Waals surface area contributed by atoms with Crippen LogP contribution in [0.5, 0.6) is 0 Å². The highest BCUT2D eigenvalue weighted by Gasteiger charge is 2.57. The predicted molar refractivity (Wildman–Crippen MR) is 47.7 cm³/mol. The van der Waals surface area contributed by atoms with Crippen LogP contribution in [0.25, 0.3) is 0 Å². The van der Waals surface area contributed by atoms with Crippen LogP contribution in [-0.4, -0.2) is 11.9 Å². The average molecular weight is 167 g/mol. The molecule has 1 saturated heterocycles. The molecule has 2 heteroatoms. The Kier molecular flexibility index (Phi) is 1.67. The molecule has 1 saturated carbocycles. The molecule has 1 aliphatic carbocycles. The molecule has 1 heterocycles. The maximum atomic E-state index is 11.3. The fraction of sp³-hybridized carbons (Fsp3) is 0.900. The van der Waals surface area contributed by atoms with E-state index < -0.39 is 0 Å². The van der Waals surface area contributed by atoms with Gasteiger partial charge in [0, 0.05) is 6.04 Å². The highest BCUT2D eigenvalue weighted by atomic mass is 16.2. The van der Waals surface area contributed by atoms with Crippen molar-refractivity contribution < 1.29 is 4.79 Å². The van der Waals surface area contributed by atoms with Crippen molar-refractivity contribution in [3.8, 4) is 0 Å². The second-order valence-electron chi connectivity index (χ2n) is 4.67. The summed E-state index contributed by atoms with van der Waals surface area (Å²) in [4.78, 5) is 11.3. The molecule has 0 aromatic rings. The fourth-order valence-corrected chi connectivity index (χ4v) is 2.41. The van der Waals surface area contributed by atoms with E-state index in [4.69, 9.17) is 0 Å². The minimum Gasteiger partial charge on any atom is -0.352 e. The molecular weight excluding hydrogens is 150 g/mol. The molecule has 12 heavy (non-hydrogen) atoms. The lowest BCUT2D eigenvalue weighted by molar-refractivity contribution is -0.155. The number of carbonyl (C=O) groups is 1. The monoisotopic (exact) mass is 167 g/mol. The SMILES string of the molecule is CC(C)CC1NC(=O)C12CCC2. The number of hydrogen-bond donors (Lipinski definition) is 1. The Hall–Kier alpha value is -0.530. The molecule has 2 fully saturated rings. The third kappa shape index (κ3) is 0.900. The zero-order valence-corrected chi connectivity index (χ0v) is 7.89. The van der Waals surface area contributed by atoms with Crippen LogP contribution in [0.3, 0.4) is 0 Å². The Morgan fingerprint density at radius 2 is 2.25 bits per heavy atom. The van der Waals surface area contributed by atoms with Crippen molar-refractivity contribution in [1.82, 2.24) is 5.32 Å². The first-order chi connectivity index (χ1) is 5.65. The normalized spacial score (nSPS) is 31.2. The molecule has 0 aromatic heterocycles. The molecule has 2 aliphatic rings. The van der Waals surface area contributed by atoms with Crippen molar-refractivity contribution in [1.29, 1.82) is 0 Å². The number of hydrogen-bond acceptors (Lipinski definition) is 1. The van der Waals surface area contributed by atoms with E-state index in [1.807, 2.05) is 0 Å². The third-order valence-electron chi connectivity index (χ3n) is 3.38. The van der Waals surface area contributed by atoms with E-state index in [-0.39, 0.29) is 5.41 Å². The molecule has 1 atom stereocenters. The summed E-state index contributed by atoms with van der Waals surface area (Å²) >= 11 is 0.